The van der Waals surface area contributed by atoms with E-state index in [-0.39, 0.29) is 12.2 Å². The lowest BCUT2D eigenvalue weighted by molar-refractivity contribution is 0.121. The number of aliphatic hydroxyl groups excluding tert-OH is 2. The van der Waals surface area contributed by atoms with Crippen molar-refractivity contribution in [3.8, 4) is 5.75 Å². The Labute approximate surface area is 133 Å². The van der Waals surface area contributed by atoms with Crippen molar-refractivity contribution >= 4 is 0 Å². The van der Waals surface area contributed by atoms with Crippen LogP contribution in [0.1, 0.15) is 74.3 Å². The van der Waals surface area contributed by atoms with Gasteiger partial charge in [0.15, 0.2) is 0 Å². The summed E-state index contributed by atoms with van der Waals surface area (Å²) < 4.78 is 5.67. The fourth-order valence-corrected chi connectivity index (χ4v) is 4.11. The summed E-state index contributed by atoms with van der Waals surface area (Å²) in [7, 11) is 1.75. The molecule has 2 aliphatic rings. The first-order valence-electron chi connectivity index (χ1n) is 8.71. The summed E-state index contributed by atoms with van der Waals surface area (Å²) in [5.74, 6) is 2.07. The number of ether oxygens (including phenoxy) is 1. The summed E-state index contributed by atoms with van der Waals surface area (Å²) in [5.41, 5.74) is 2.65. The number of hydrogen-bond donors (Lipinski definition) is 2. The molecule has 0 aliphatic heterocycles. The normalized spacial score (nSPS) is 32.7. The Hall–Kier alpha value is -1.06. The van der Waals surface area contributed by atoms with E-state index in [1.165, 1.54) is 11.1 Å². The molecule has 3 nitrogen and oxygen atoms in total. The molecule has 2 saturated carbocycles. The minimum Gasteiger partial charge on any atom is -0.496 e. The molecule has 2 fully saturated rings. The zero-order chi connectivity index (χ0) is 15.5. The Balaban J connectivity index is 1.75. The first kappa shape index (κ1) is 15.8. The maximum atomic E-state index is 9.68. The van der Waals surface area contributed by atoms with Gasteiger partial charge in [-0.1, -0.05) is 12.1 Å². The molecule has 2 N–H and O–H groups in total. The molecule has 0 amide bonds. The molecule has 0 spiro atoms. The summed E-state index contributed by atoms with van der Waals surface area (Å²) in [4.78, 5) is 0. The molecule has 0 bridgehead atoms. The Morgan fingerprint density at radius 3 is 1.91 bits per heavy atom. The molecule has 1 aromatic carbocycles. The molecule has 1 aromatic rings. The van der Waals surface area contributed by atoms with Crippen molar-refractivity contribution in [1.29, 1.82) is 0 Å². The van der Waals surface area contributed by atoms with Crippen molar-refractivity contribution in [2.24, 2.45) is 0 Å². The smallest absolute Gasteiger partial charge is 0.122 e. The summed E-state index contributed by atoms with van der Waals surface area (Å²) >= 11 is 0. The van der Waals surface area contributed by atoms with Crippen LogP contribution in [0.4, 0.5) is 0 Å². The molecule has 0 aromatic heterocycles. The second-order valence-corrected chi connectivity index (χ2v) is 7.01. The summed E-state index contributed by atoms with van der Waals surface area (Å²) in [6.45, 7) is 0. The SMILES string of the molecule is COc1cc(C2CCC(O)CC2)ccc1C1CCC(O)CC1. The minimum atomic E-state index is -0.116. The molecule has 2 aliphatic carbocycles. The molecular weight excluding hydrogens is 276 g/mol. The van der Waals surface area contributed by atoms with Crippen molar-refractivity contribution in [3.63, 3.8) is 0 Å². The molecule has 0 saturated heterocycles. The van der Waals surface area contributed by atoms with Crippen molar-refractivity contribution < 1.29 is 14.9 Å². The molecule has 0 atom stereocenters. The van der Waals surface area contributed by atoms with Gasteiger partial charge < -0.3 is 14.9 Å². The van der Waals surface area contributed by atoms with Crippen molar-refractivity contribution in [2.75, 3.05) is 7.11 Å². The highest BCUT2D eigenvalue weighted by Gasteiger charge is 2.25. The summed E-state index contributed by atoms with van der Waals surface area (Å²) in [6.07, 6.45) is 7.63. The van der Waals surface area contributed by atoms with E-state index in [2.05, 4.69) is 18.2 Å². The number of hydrogen-bond acceptors (Lipinski definition) is 3. The van der Waals surface area contributed by atoms with E-state index in [0.717, 1.165) is 57.1 Å². The molecule has 0 heterocycles. The fourth-order valence-electron chi connectivity index (χ4n) is 4.11. The summed E-state index contributed by atoms with van der Waals surface area (Å²) in [5, 5.41) is 19.3. The molecule has 0 unspecified atom stereocenters. The fraction of sp³-hybridized carbons (Fsp3) is 0.684. The number of benzene rings is 1. The predicted molar refractivity (Wildman–Crippen MR) is 87.4 cm³/mol. The van der Waals surface area contributed by atoms with Crippen LogP contribution >= 0.6 is 0 Å². The standard InChI is InChI=1S/C19H28O3/c1-22-19-12-15(13-2-7-16(20)8-3-13)6-11-18(19)14-4-9-17(21)10-5-14/h6,11-14,16-17,20-21H,2-5,7-10H2,1H3. The molecular formula is C19H28O3. The third-order valence-electron chi connectivity index (χ3n) is 5.56. The zero-order valence-corrected chi connectivity index (χ0v) is 13.5. The number of aliphatic hydroxyl groups is 2. The largest absolute Gasteiger partial charge is 0.496 e. The van der Waals surface area contributed by atoms with Crippen LogP contribution in [-0.4, -0.2) is 29.5 Å². The Morgan fingerprint density at radius 1 is 0.818 bits per heavy atom. The molecule has 3 heteroatoms. The molecule has 3 rings (SSSR count). The average molecular weight is 304 g/mol. The van der Waals surface area contributed by atoms with Crippen molar-refractivity contribution in [1.82, 2.24) is 0 Å². The van der Waals surface area contributed by atoms with Gasteiger partial charge in [0.1, 0.15) is 5.75 Å². The van der Waals surface area contributed by atoms with Crippen LogP contribution in [0.15, 0.2) is 18.2 Å². The van der Waals surface area contributed by atoms with E-state index in [9.17, 15) is 10.2 Å². The van der Waals surface area contributed by atoms with E-state index in [1.54, 1.807) is 7.11 Å². The minimum absolute atomic E-state index is 0.105. The van der Waals surface area contributed by atoms with E-state index >= 15 is 0 Å². The maximum absolute atomic E-state index is 9.68. The third-order valence-corrected chi connectivity index (χ3v) is 5.56. The van der Waals surface area contributed by atoms with Gasteiger partial charge in [-0.15, -0.1) is 0 Å². The highest BCUT2D eigenvalue weighted by Crippen LogP contribution is 2.40. The quantitative estimate of drug-likeness (QED) is 0.894. The van der Waals surface area contributed by atoms with E-state index in [1.807, 2.05) is 0 Å². The van der Waals surface area contributed by atoms with E-state index in [0.29, 0.717) is 11.8 Å². The zero-order valence-electron chi connectivity index (χ0n) is 13.5. The second kappa shape index (κ2) is 7.01. The number of methoxy groups -OCH3 is 1. The maximum Gasteiger partial charge on any atom is 0.122 e. The van der Waals surface area contributed by atoms with Gasteiger partial charge >= 0.3 is 0 Å². The van der Waals surface area contributed by atoms with Gasteiger partial charge in [0.2, 0.25) is 0 Å². The van der Waals surface area contributed by atoms with Crippen LogP contribution < -0.4 is 4.74 Å². The van der Waals surface area contributed by atoms with Crippen molar-refractivity contribution in [2.45, 2.75) is 75.4 Å². The lowest BCUT2D eigenvalue weighted by Gasteiger charge is -2.29. The first-order valence-corrected chi connectivity index (χ1v) is 8.71. The average Bonchev–Trinajstić information content (AvgIpc) is 2.56. The van der Waals surface area contributed by atoms with Crippen LogP contribution in [-0.2, 0) is 0 Å². The molecule has 0 radical (unpaired) electrons. The number of rotatable bonds is 3. The van der Waals surface area contributed by atoms with E-state index < -0.39 is 0 Å². The molecule has 122 valence electrons. The van der Waals surface area contributed by atoms with Crippen LogP contribution in [0.25, 0.3) is 0 Å². The van der Waals surface area contributed by atoms with Gasteiger partial charge in [0.05, 0.1) is 19.3 Å². The van der Waals surface area contributed by atoms with E-state index in [4.69, 9.17) is 4.74 Å². The highest BCUT2D eigenvalue weighted by atomic mass is 16.5. The topological polar surface area (TPSA) is 49.7 Å². The van der Waals surface area contributed by atoms with Crippen LogP contribution in [0.5, 0.6) is 5.75 Å². The monoisotopic (exact) mass is 304 g/mol. The van der Waals surface area contributed by atoms with Crippen LogP contribution in [0, 0.1) is 0 Å². The Morgan fingerprint density at radius 2 is 1.36 bits per heavy atom. The van der Waals surface area contributed by atoms with Crippen molar-refractivity contribution in [3.05, 3.63) is 29.3 Å². The Bertz CT molecular complexity index is 483. The lowest BCUT2D eigenvalue weighted by Crippen LogP contribution is -2.18. The first-order chi connectivity index (χ1) is 10.7. The van der Waals surface area contributed by atoms with Crippen LogP contribution in [0.2, 0.25) is 0 Å². The van der Waals surface area contributed by atoms with Gasteiger partial charge in [-0.05, 0) is 80.4 Å². The lowest BCUT2D eigenvalue weighted by atomic mass is 9.79. The van der Waals surface area contributed by atoms with Gasteiger partial charge in [0.25, 0.3) is 0 Å². The Kier molecular flexibility index (Phi) is 5.04. The third kappa shape index (κ3) is 3.47. The predicted octanol–water partition coefficient (Wildman–Crippen LogP) is 3.73. The second-order valence-electron chi connectivity index (χ2n) is 7.01. The van der Waals surface area contributed by atoms with Gasteiger partial charge in [-0.2, -0.15) is 0 Å². The summed E-state index contributed by atoms with van der Waals surface area (Å²) in [6, 6.07) is 6.70. The van der Waals surface area contributed by atoms with Gasteiger partial charge in [-0.25, -0.2) is 0 Å². The van der Waals surface area contributed by atoms with Gasteiger partial charge in [-0.3, -0.25) is 0 Å². The molecule has 22 heavy (non-hydrogen) atoms. The van der Waals surface area contributed by atoms with Gasteiger partial charge in [0, 0.05) is 0 Å². The van der Waals surface area contributed by atoms with Crippen LogP contribution in [0.3, 0.4) is 0 Å². The highest BCUT2D eigenvalue weighted by molar-refractivity contribution is 5.41.